The first kappa shape index (κ1) is 101. The van der Waals surface area contributed by atoms with Crippen molar-refractivity contribution in [2.24, 2.45) is 0 Å². The highest BCUT2D eigenvalue weighted by Gasteiger charge is 2.34. The third-order valence-corrected chi connectivity index (χ3v) is 25.1. The number of morpholine rings is 3. The second-order valence-electron chi connectivity index (χ2n) is 30.5. The number of aliphatic hydroxyl groups excluding tert-OH is 3. The summed E-state index contributed by atoms with van der Waals surface area (Å²) in [6.07, 6.45) is 5.76. The maximum absolute atomic E-state index is 13.4. The molecule has 0 saturated carbocycles. The van der Waals surface area contributed by atoms with Crippen LogP contribution in [0, 0.1) is 44.3 Å². The van der Waals surface area contributed by atoms with Crippen molar-refractivity contribution >= 4 is 162 Å². The van der Waals surface area contributed by atoms with Crippen LogP contribution in [-0.2, 0) is 34.0 Å². The van der Waals surface area contributed by atoms with Crippen molar-refractivity contribution in [3.8, 4) is 91.5 Å². The first-order valence-electron chi connectivity index (χ1n) is 42.4. The Bertz CT molecular complexity index is 6330. The lowest BCUT2D eigenvalue weighted by Crippen LogP contribution is -2.49. The summed E-state index contributed by atoms with van der Waals surface area (Å²) in [6, 6.07) is 51.3. The number of piperidine rings is 1. The fraction of sp³-hybridized carbons (Fsp3) is 0.281. The van der Waals surface area contributed by atoms with Gasteiger partial charge in [0.05, 0.1) is 131 Å². The summed E-state index contributed by atoms with van der Waals surface area (Å²) in [6.45, 7) is 18.5. The topological polar surface area (TPSA) is 285 Å². The molecule has 4 fully saturated rings. The number of aromatic nitrogens is 8. The molecule has 37 heteroatoms. The van der Waals surface area contributed by atoms with Crippen molar-refractivity contribution in [3.05, 3.63) is 285 Å². The first-order valence-corrected chi connectivity index (χ1v) is 47.6. The first-order chi connectivity index (χ1) is 64.4. The van der Waals surface area contributed by atoms with Gasteiger partial charge in [0.2, 0.25) is 6.54 Å². The molecule has 4 aromatic heterocycles. The molecule has 690 valence electrons. The molecular weight excluding hydrogens is 2090 g/mol. The molecule has 12 aromatic rings. The van der Waals surface area contributed by atoms with Crippen LogP contribution in [0.2, 0.25) is 40.2 Å². The second kappa shape index (κ2) is 48.8. The third-order valence-electron chi connectivity index (χ3n) is 21.6. The summed E-state index contributed by atoms with van der Waals surface area (Å²) in [5, 5.41) is 61.9. The highest BCUT2D eigenvalue weighted by molar-refractivity contribution is 14.1. The lowest BCUT2D eigenvalue weighted by Gasteiger charge is -2.34. The highest BCUT2D eigenvalue weighted by Crippen LogP contribution is 2.40. The number of carbonyl (C=O) groups excluding carboxylic acids is 4. The van der Waals surface area contributed by atoms with E-state index in [9.17, 15) is 34.5 Å². The van der Waals surface area contributed by atoms with E-state index in [-0.39, 0.29) is 42.1 Å². The van der Waals surface area contributed by atoms with Crippen LogP contribution < -0.4 is 16.3 Å². The Morgan fingerprint density at radius 3 is 1.11 bits per heavy atom. The maximum Gasteiger partial charge on any atom is 0.288 e. The van der Waals surface area contributed by atoms with E-state index in [4.69, 9.17) is 119 Å². The number of carbonyl (C=O) groups is 4. The quantitative estimate of drug-likeness (QED) is 0.0169. The maximum atomic E-state index is 13.4. The van der Waals surface area contributed by atoms with Crippen LogP contribution in [0.25, 0.3) is 72.6 Å². The summed E-state index contributed by atoms with van der Waals surface area (Å²) in [4.78, 5) is 56.2. The number of ether oxygens (including phenoxy) is 3. The Kier molecular flexibility index (Phi) is 37.0. The number of rotatable bonds is 21. The molecule has 0 spiro atoms. The molecule has 0 atom stereocenters. The van der Waals surface area contributed by atoms with Crippen LogP contribution in [0.5, 0.6) is 0 Å². The van der Waals surface area contributed by atoms with Gasteiger partial charge in [-0.1, -0.05) is 178 Å². The average Bonchev–Trinajstić information content (AvgIpc) is 1.69. The van der Waals surface area contributed by atoms with Crippen LogP contribution >= 0.6 is 138 Å². The lowest BCUT2D eigenvalue weighted by molar-refractivity contribution is -0.0582. The largest absolute Gasteiger partial charge is 0.392 e. The predicted octanol–water partition coefficient (Wildman–Crippen LogP) is 18.6. The van der Waals surface area contributed by atoms with Gasteiger partial charge in [0, 0.05) is 149 Å². The number of halogens is 10. The van der Waals surface area contributed by atoms with E-state index in [1.165, 1.54) is 11.4 Å². The van der Waals surface area contributed by atoms with Crippen molar-refractivity contribution in [2.75, 3.05) is 106 Å². The zero-order chi connectivity index (χ0) is 94.4. The number of hydrogen-bond acceptors (Lipinski definition) is 18. The monoisotopic (exact) mass is 2180 g/mol. The van der Waals surface area contributed by atoms with E-state index in [0.29, 0.717) is 194 Å². The average molecular weight is 2180 g/mol. The standard InChI is InChI=1S/C27H28Cl2N4O.C26H23Cl2N5O3.C22H21Cl2IN4O3.C21H19Cl2IN4O3/c1-3-4-6-9-20-10-12-21(13-11-20)26-19(2)25(27(34)31-32-16-7-5-8-17-32)30-33(26)24-15-14-22(28)18-23(24)29;1-29-11-3-2-4-18-5-7-19(8-6-18)25-21(17-34)24(26(35)31-32-12-14-36-15-13-32)30-33(25)23-10-9-20(27)16-22(23)28;1-27(28-8-10-32-11-9-28)22(31)20-17(13-30)21(14-2-5-16(25)6-3-14)29(26-20)19-7-4-15(23)12-18(19)24;22-14-3-6-18(17(23)11-14)28-20(13-1-4-15(24)5-2-13)16(12-29)19(25-28)21(30)26-27-7-9-31-10-8-27/h10-15,18H,3-5,7-8,16-17H2,1-2H3,(H,31,34);5-10,16,34H,3,11-15,17H2,(H,31,35);2-7,12,30H,8-11,13H2,1H3;1-6,11,29H,7-10,12H2,(H,26,30). The van der Waals surface area contributed by atoms with E-state index in [1.54, 1.807) is 103 Å². The van der Waals surface area contributed by atoms with Crippen LogP contribution in [0.15, 0.2) is 170 Å². The Morgan fingerprint density at radius 2 is 0.744 bits per heavy atom. The minimum Gasteiger partial charge on any atom is -0.392 e. The van der Waals surface area contributed by atoms with Crippen LogP contribution in [-0.4, -0.2) is 209 Å². The van der Waals surface area contributed by atoms with Gasteiger partial charge in [-0.15, -0.1) is 0 Å². The van der Waals surface area contributed by atoms with E-state index >= 15 is 0 Å². The van der Waals surface area contributed by atoms with Gasteiger partial charge in [-0.2, -0.15) is 20.4 Å². The third kappa shape index (κ3) is 25.6. The smallest absolute Gasteiger partial charge is 0.288 e. The molecule has 16 rings (SSSR count). The van der Waals surface area contributed by atoms with Crippen molar-refractivity contribution in [1.82, 2.24) is 80.4 Å². The van der Waals surface area contributed by atoms with Gasteiger partial charge in [-0.25, -0.2) is 45.3 Å². The summed E-state index contributed by atoms with van der Waals surface area (Å²) in [5.41, 5.74) is 21.3. The number of benzene rings is 8. The minimum absolute atomic E-state index is 0.0908. The summed E-state index contributed by atoms with van der Waals surface area (Å²) in [7, 11) is 1.70. The molecular formula is C96H91Cl8I2N17O10. The molecule has 8 aromatic carbocycles. The van der Waals surface area contributed by atoms with E-state index in [1.807, 2.05) is 120 Å². The van der Waals surface area contributed by atoms with E-state index in [2.05, 4.69) is 112 Å². The van der Waals surface area contributed by atoms with Crippen LogP contribution in [0.4, 0.5) is 0 Å². The van der Waals surface area contributed by atoms with Gasteiger partial charge in [0.15, 0.2) is 22.8 Å². The molecule has 4 aliphatic heterocycles. The number of nitrogens with one attached hydrogen (secondary N) is 3. The van der Waals surface area contributed by atoms with E-state index < -0.39 is 18.4 Å². The number of nitrogens with zero attached hydrogens (tertiary/aromatic N) is 14. The van der Waals surface area contributed by atoms with Crippen molar-refractivity contribution in [3.63, 3.8) is 0 Å². The van der Waals surface area contributed by atoms with Crippen molar-refractivity contribution < 1.29 is 48.7 Å². The van der Waals surface area contributed by atoms with Crippen molar-refractivity contribution in [1.29, 1.82) is 0 Å². The fourth-order valence-corrected chi connectivity index (χ4v) is 17.5. The molecule has 6 N–H and O–H groups in total. The van der Waals surface area contributed by atoms with Gasteiger partial charge in [0.1, 0.15) is 0 Å². The van der Waals surface area contributed by atoms with Gasteiger partial charge >= 0.3 is 0 Å². The number of unbranched alkanes of at least 4 members (excludes halogenated alkanes) is 1. The van der Waals surface area contributed by atoms with Gasteiger partial charge in [0.25, 0.3) is 23.6 Å². The number of hydrazine groups is 4. The zero-order valence-electron chi connectivity index (χ0n) is 72.4. The van der Waals surface area contributed by atoms with Gasteiger partial charge in [-0.05, 0) is 193 Å². The highest BCUT2D eigenvalue weighted by atomic mass is 127. The minimum atomic E-state index is -0.437. The van der Waals surface area contributed by atoms with Crippen molar-refractivity contribution in [2.45, 2.75) is 72.2 Å². The molecule has 4 amide bonds. The molecule has 8 heterocycles. The fourth-order valence-electron chi connectivity index (χ4n) is 14.9. The Hall–Kier alpha value is -9.53. The molecule has 4 saturated heterocycles. The Balaban J connectivity index is 0.000000151. The zero-order valence-corrected chi connectivity index (χ0v) is 82.7. The predicted molar refractivity (Wildman–Crippen MR) is 536 cm³/mol. The SMILES string of the molecule is CCCC#Cc1ccc(-c2c(C)c(C(=O)NN3CCCCC3)nn2-c2ccc(Cl)cc2Cl)cc1.CN(C(=O)c1nn(-c2ccc(Cl)cc2Cl)c(-c2ccc(I)cc2)c1CO)N1CCOCC1.O=C(NN1CCOCC1)c1nn(-c2ccc(Cl)cc2Cl)c(-c2ccc(I)cc2)c1CO.[C-]#[N+]CCC#Cc1ccc(-c2c(CO)c(C(=O)NN3CCOCC3)nn2-c2ccc(Cl)cc2Cl)cc1. The number of aliphatic hydroxyl groups is 3. The summed E-state index contributed by atoms with van der Waals surface area (Å²) < 4.78 is 24.6. The summed E-state index contributed by atoms with van der Waals surface area (Å²) >= 11 is 54.8. The lowest BCUT2D eigenvalue weighted by atomic mass is 10.0. The molecule has 0 unspecified atom stereocenters. The molecule has 0 radical (unpaired) electrons. The molecule has 0 aliphatic carbocycles. The Morgan fingerprint density at radius 1 is 0.429 bits per heavy atom. The second-order valence-corrected chi connectivity index (χ2v) is 36.3. The van der Waals surface area contributed by atoms with Crippen LogP contribution in [0.3, 0.4) is 0 Å². The molecule has 4 aliphatic rings. The molecule has 27 nitrogen and oxygen atoms in total. The normalized spacial score (nSPS) is 14.1. The van der Waals surface area contributed by atoms with Gasteiger partial charge < -0.3 is 34.4 Å². The van der Waals surface area contributed by atoms with Gasteiger partial charge in [-0.3, -0.25) is 40.5 Å². The van der Waals surface area contributed by atoms with Crippen LogP contribution in [0.1, 0.15) is 121 Å². The summed E-state index contributed by atoms with van der Waals surface area (Å²) in [5.74, 6) is 11.0. The molecule has 133 heavy (non-hydrogen) atoms. The van der Waals surface area contributed by atoms with E-state index in [0.717, 1.165) is 90.6 Å². The number of amides is 4. The molecule has 0 bridgehead atoms. The Labute approximate surface area is 837 Å². The number of hydrogen-bond donors (Lipinski definition) is 6.